The van der Waals surface area contributed by atoms with E-state index in [-0.39, 0.29) is 31.8 Å². The van der Waals surface area contributed by atoms with Crippen LogP contribution in [0.1, 0.15) is 0 Å². The standard InChI is InChI=1S/C17H36O8S4/c18-1-13(22)5-26-9-17(10-27-6-14(23)2-19,11-28-7-15(24)3-20)12-29-8-16(25)4-21/h13-16,18-25H,1-12H2. The molecule has 0 saturated carbocycles. The molecule has 4 atom stereocenters. The van der Waals surface area contributed by atoms with E-state index in [0.29, 0.717) is 46.0 Å². The van der Waals surface area contributed by atoms with Crippen molar-refractivity contribution < 1.29 is 40.9 Å². The number of rotatable bonds is 20. The van der Waals surface area contributed by atoms with E-state index in [9.17, 15) is 20.4 Å². The van der Waals surface area contributed by atoms with Crippen LogP contribution < -0.4 is 0 Å². The van der Waals surface area contributed by atoms with Crippen LogP contribution in [0.25, 0.3) is 0 Å². The van der Waals surface area contributed by atoms with Crippen molar-refractivity contribution in [1.29, 1.82) is 0 Å². The van der Waals surface area contributed by atoms with Gasteiger partial charge in [-0.1, -0.05) is 0 Å². The Labute approximate surface area is 189 Å². The molecule has 0 fully saturated rings. The van der Waals surface area contributed by atoms with Gasteiger partial charge in [-0.3, -0.25) is 0 Å². The molecule has 0 aromatic heterocycles. The van der Waals surface area contributed by atoms with Gasteiger partial charge in [0.15, 0.2) is 0 Å². The molecule has 0 aliphatic heterocycles. The summed E-state index contributed by atoms with van der Waals surface area (Å²) in [7, 11) is 0. The predicted molar refractivity (Wildman–Crippen MR) is 124 cm³/mol. The van der Waals surface area contributed by atoms with E-state index in [1.54, 1.807) is 0 Å². The smallest absolute Gasteiger partial charge is 0.0861 e. The molecule has 0 spiro atoms. The second kappa shape index (κ2) is 18.6. The summed E-state index contributed by atoms with van der Waals surface area (Å²) in [5.41, 5.74) is -0.278. The third-order valence-electron chi connectivity index (χ3n) is 3.72. The largest absolute Gasteiger partial charge is 0.394 e. The molecule has 12 heteroatoms. The molecule has 8 N–H and O–H groups in total. The van der Waals surface area contributed by atoms with E-state index in [2.05, 4.69) is 0 Å². The Hall–Kier alpha value is 1.08. The van der Waals surface area contributed by atoms with Crippen molar-refractivity contribution in [3.8, 4) is 0 Å². The number of hydrogen-bond acceptors (Lipinski definition) is 12. The maximum Gasteiger partial charge on any atom is 0.0861 e. The lowest BCUT2D eigenvalue weighted by molar-refractivity contribution is 0.113. The highest BCUT2D eigenvalue weighted by Crippen LogP contribution is 2.36. The summed E-state index contributed by atoms with van der Waals surface area (Å²) in [5.74, 6) is 4.08. The van der Waals surface area contributed by atoms with Gasteiger partial charge in [0.05, 0.1) is 50.8 Å². The molecule has 0 amide bonds. The summed E-state index contributed by atoms with van der Waals surface area (Å²) in [5, 5.41) is 74.6. The van der Waals surface area contributed by atoms with Gasteiger partial charge in [-0.05, 0) is 0 Å². The Morgan fingerprint density at radius 2 is 0.655 bits per heavy atom. The molecular formula is C17H36O8S4. The molecule has 0 aromatic carbocycles. The van der Waals surface area contributed by atoms with Crippen LogP contribution in [0.4, 0.5) is 0 Å². The molecule has 0 aromatic rings. The number of hydrogen-bond donors (Lipinski definition) is 8. The van der Waals surface area contributed by atoms with Gasteiger partial charge < -0.3 is 40.9 Å². The first-order valence-electron chi connectivity index (χ1n) is 9.29. The minimum absolute atomic E-state index is 0.278. The molecule has 8 nitrogen and oxygen atoms in total. The second-order valence-corrected chi connectivity index (χ2v) is 11.0. The lowest BCUT2D eigenvalue weighted by Crippen LogP contribution is -2.36. The van der Waals surface area contributed by atoms with E-state index in [1.165, 1.54) is 47.0 Å². The zero-order valence-electron chi connectivity index (χ0n) is 16.5. The van der Waals surface area contributed by atoms with Crippen LogP contribution in [0.2, 0.25) is 0 Å². The maximum atomic E-state index is 9.63. The van der Waals surface area contributed by atoms with Gasteiger partial charge in [0.25, 0.3) is 0 Å². The zero-order valence-corrected chi connectivity index (χ0v) is 19.8. The minimum Gasteiger partial charge on any atom is -0.394 e. The predicted octanol–water partition coefficient (Wildman–Crippen LogP) is -1.68. The SMILES string of the molecule is OCC(O)CSCC(CSCC(O)CO)(CSCC(O)CO)CSCC(O)CO. The Bertz CT molecular complexity index is 314. The van der Waals surface area contributed by atoms with Gasteiger partial charge in [0.2, 0.25) is 0 Å². The normalized spacial score (nSPS) is 18.2. The van der Waals surface area contributed by atoms with Crippen LogP contribution in [0.5, 0.6) is 0 Å². The Morgan fingerprint density at radius 1 is 0.448 bits per heavy atom. The Kier molecular flexibility index (Phi) is 19.3. The van der Waals surface area contributed by atoms with Crippen molar-refractivity contribution in [2.45, 2.75) is 24.4 Å². The van der Waals surface area contributed by atoms with Gasteiger partial charge >= 0.3 is 0 Å². The van der Waals surface area contributed by atoms with Gasteiger partial charge in [0.1, 0.15) is 0 Å². The Balaban J connectivity index is 5.05. The second-order valence-electron chi connectivity index (χ2n) is 6.91. The van der Waals surface area contributed by atoms with Crippen molar-refractivity contribution in [3.63, 3.8) is 0 Å². The summed E-state index contributed by atoms with van der Waals surface area (Å²) in [6, 6.07) is 0. The quantitative estimate of drug-likeness (QED) is 0.0967. The number of aliphatic hydroxyl groups is 8. The van der Waals surface area contributed by atoms with Crippen molar-refractivity contribution in [2.24, 2.45) is 5.41 Å². The topological polar surface area (TPSA) is 162 Å². The van der Waals surface area contributed by atoms with Crippen molar-refractivity contribution >= 4 is 47.0 Å². The average Bonchev–Trinajstić information content (AvgIpc) is 2.72. The molecule has 0 bridgehead atoms. The summed E-state index contributed by atoms with van der Waals surface area (Å²) in [6.07, 6.45) is -3.24. The van der Waals surface area contributed by atoms with Crippen molar-refractivity contribution in [2.75, 3.05) is 72.5 Å². The zero-order chi connectivity index (χ0) is 22.1. The van der Waals surface area contributed by atoms with Crippen LogP contribution in [-0.2, 0) is 0 Å². The third-order valence-corrected chi connectivity index (χ3v) is 9.46. The van der Waals surface area contributed by atoms with E-state index >= 15 is 0 Å². The highest BCUT2D eigenvalue weighted by molar-refractivity contribution is 8.02. The Morgan fingerprint density at radius 3 is 0.828 bits per heavy atom. The van der Waals surface area contributed by atoms with E-state index in [0.717, 1.165) is 0 Å². The molecule has 0 heterocycles. The van der Waals surface area contributed by atoms with Crippen LogP contribution in [0.15, 0.2) is 0 Å². The first-order valence-corrected chi connectivity index (χ1v) is 13.9. The fourth-order valence-corrected chi connectivity index (χ4v) is 7.82. The van der Waals surface area contributed by atoms with Gasteiger partial charge in [-0.2, -0.15) is 47.0 Å². The molecule has 176 valence electrons. The van der Waals surface area contributed by atoms with Crippen LogP contribution in [0.3, 0.4) is 0 Å². The first-order chi connectivity index (χ1) is 13.8. The summed E-state index contributed by atoms with van der Waals surface area (Å²) in [4.78, 5) is 0. The monoisotopic (exact) mass is 496 g/mol. The molecule has 29 heavy (non-hydrogen) atoms. The lowest BCUT2D eigenvalue weighted by Gasteiger charge is -2.34. The minimum atomic E-state index is -0.811. The number of aliphatic hydroxyl groups excluding tert-OH is 8. The molecule has 0 saturated heterocycles. The fraction of sp³-hybridized carbons (Fsp3) is 1.00. The highest BCUT2D eigenvalue weighted by Gasteiger charge is 2.31. The summed E-state index contributed by atoms with van der Waals surface area (Å²) < 4.78 is 0. The van der Waals surface area contributed by atoms with E-state index < -0.39 is 24.4 Å². The summed E-state index contributed by atoms with van der Waals surface area (Å²) >= 11 is 6.00. The molecular weight excluding hydrogens is 460 g/mol. The third kappa shape index (κ3) is 15.5. The molecule has 0 radical (unpaired) electrons. The summed E-state index contributed by atoms with van der Waals surface area (Å²) in [6.45, 7) is -1.25. The van der Waals surface area contributed by atoms with E-state index in [4.69, 9.17) is 20.4 Å². The van der Waals surface area contributed by atoms with Crippen molar-refractivity contribution in [3.05, 3.63) is 0 Å². The van der Waals surface area contributed by atoms with Gasteiger partial charge in [-0.15, -0.1) is 0 Å². The highest BCUT2D eigenvalue weighted by atomic mass is 32.2. The van der Waals surface area contributed by atoms with Gasteiger partial charge in [-0.25, -0.2) is 0 Å². The van der Waals surface area contributed by atoms with Crippen LogP contribution in [-0.4, -0.2) is 138 Å². The van der Waals surface area contributed by atoms with Gasteiger partial charge in [0, 0.05) is 51.4 Å². The van der Waals surface area contributed by atoms with E-state index in [1.807, 2.05) is 0 Å². The maximum absolute atomic E-state index is 9.63. The molecule has 0 rings (SSSR count). The molecule has 0 aliphatic rings. The molecule has 0 aliphatic carbocycles. The molecule has 4 unspecified atom stereocenters. The van der Waals surface area contributed by atoms with Crippen LogP contribution in [0, 0.1) is 5.41 Å². The lowest BCUT2D eigenvalue weighted by atomic mass is 9.99. The average molecular weight is 497 g/mol. The number of thioether (sulfide) groups is 4. The fourth-order valence-electron chi connectivity index (χ4n) is 2.11. The first kappa shape index (κ1) is 30.1. The van der Waals surface area contributed by atoms with Crippen molar-refractivity contribution in [1.82, 2.24) is 0 Å². The van der Waals surface area contributed by atoms with Crippen LogP contribution >= 0.6 is 47.0 Å².